The van der Waals surface area contributed by atoms with Crippen LogP contribution in [0.4, 0.5) is 0 Å². The van der Waals surface area contributed by atoms with Gasteiger partial charge in [0, 0.05) is 6.42 Å². The van der Waals surface area contributed by atoms with Crippen LogP contribution < -0.4 is 5.73 Å². The lowest BCUT2D eigenvalue weighted by atomic mass is 10.1. The molecule has 0 rings (SSSR count). The predicted molar refractivity (Wildman–Crippen MR) is 64.5 cm³/mol. The van der Waals surface area contributed by atoms with Gasteiger partial charge in [0.05, 0.1) is 0 Å². The van der Waals surface area contributed by atoms with Crippen molar-refractivity contribution in [3.05, 3.63) is 12.2 Å². The summed E-state index contributed by atoms with van der Waals surface area (Å²) in [7, 11) is -4.88. The zero-order chi connectivity index (χ0) is 13.5. The van der Waals surface area contributed by atoms with Crippen LogP contribution in [0.1, 0.15) is 39.0 Å². The number of carbonyl (C=O) groups is 1. The van der Waals surface area contributed by atoms with E-state index in [1.807, 2.05) is 0 Å². The van der Waals surface area contributed by atoms with Gasteiger partial charge in [0.25, 0.3) is 0 Å². The Balaban J connectivity index is 4.40. The Morgan fingerprint density at radius 1 is 1.35 bits per heavy atom. The van der Waals surface area contributed by atoms with Crippen molar-refractivity contribution < 1.29 is 24.3 Å². The molecule has 0 bridgehead atoms. The van der Waals surface area contributed by atoms with Gasteiger partial charge in [0.2, 0.25) is 5.28 Å². The van der Waals surface area contributed by atoms with Gasteiger partial charge in [-0.2, -0.15) is 0 Å². The van der Waals surface area contributed by atoms with Crippen molar-refractivity contribution in [2.75, 3.05) is 0 Å². The lowest BCUT2D eigenvalue weighted by molar-refractivity contribution is -0.140. The average molecular weight is 265 g/mol. The van der Waals surface area contributed by atoms with Crippen LogP contribution in [-0.4, -0.2) is 26.1 Å². The van der Waals surface area contributed by atoms with Crippen molar-refractivity contribution in [1.29, 1.82) is 0 Å². The van der Waals surface area contributed by atoms with E-state index in [2.05, 4.69) is 6.92 Å². The molecule has 7 heteroatoms. The van der Waals surface area contributed by atoms with E-state index in [1.165, 1.54) is 6.08 Å². The third kappa shape index (κ3) is 5.00. The zero-order valence-electron chi connectivity index (χ0n) is 9.87. The summed E-state index contributed by atoms with van der Waals surface area (Å²) in [6, 6.07) is 0. The van der Waals surface area contributed by atoms with Crippen LogP contribution in [0.25, 0.3) is 0 Å². The van der Waals surface area contributed by atoms with E-state index in [9.17, 15) is 9.36 Å². The first kappa shape index (κ1) is 16.3. The highest BCUT2D eigenvalue weighted by Gasteiger charge is 2.49. The highest BCUT2D eigenvalue weighted by Crippen LogP contribution is 2.49. The van der Waals surface area contributed by atoms with Gasteiger partial charge in [0.1, 0.15) is 0 Å². The molecule has 0 aromatic carbocycles. The number of rotatable bonds is 8. The fourth-order valence-corrected chi connectivity index (χ4v) is 1.82. The average Bonchev–Trinajstić information content (AvgIpc) is 2.20. The molecule has 5 N–H and O–H groups in total. The number of carboxylic acids is 1. The van der Waals surface area contributed by atoms with Crippen LogP contribution in [0.3, 0.4) is 0 Å². The van der Waals surface area contributed by atoms with Crippen molar-refractivity contribution >= 4 is 13.6 Å². The Morgan fingerprint density at radius 2 is 1.94 bits per heavy atom. The Hall–Kier alpha value is -0.680. The Morgan fingerprint density at radius 3 is 2.35 bits per heavy atom. The molecule has 0 aliphatic rings. The largest absolute Gasteiger partial charge is 0.479 e. The van der Waals surface area contributed by atoms with Crippen molar-refractivity contribution in [3.8, 4) is 0 Å². The molecule has 0 aliphatic carbocycles. The third-order valence-corrected chi connectivity index (χ3v) is 3.87. The van der Waals surface area contributed by atoms with Crippen molar-refractivity contribution in [3.63, 3.8) is 0 Å². The minimum absolute atomic E-state index is 0.376. The molecule has 17 heavy (non-hydrogen) atoms. The van der Waals surface area contributed by atoms with Gasteiger partial charge in [-0.25, -0.2) is 4.79 Å². The number of hydrogen-bond donors (Lipinski definition) is 4. The van der Waals surface area contributed by atoms with Crippen molar-refractivity contribution in [2.45, 2.75) is 44.3 Å². The van der Waals surface area contributed by atoms with Gasteiger partial charge in [-0.3, -0.25) is 4.57 Å². The lowest BCUT2D eigenvalue weighted by Crippen LogP contribution is -2.47. The maximum absolute atomic E-state index is 11.0. The predicted octanol–water partition coefficient (Wildman–Crippen LogP) is 1.43. The topological polar surface area (TPSA) is 121 Å². The fourth-order valence-electron chi connectivity index (χ4n) is 1.22. The summed E-state index contributed by atoms with van der Waals surface area (Å²) < 4.78 is 11.0. The third-order valence-electron chi connectivity index (χ3n) is 2.46. The molecule has 0 aromatic rings. The molecule has 1 unspecified atom stereocenters. The first-order valence-corrected chi connectivity index (χ1v) is 7.10. The van der Waals surface area contributed by atoms with Gasteiger partial charge in [-0.05, 0) is 12.8 Å². The van der Waals surface area contributed by atoms with Crippen LogP contribution in [0.2, 0.25) is 0 Å². The smallest absolute Gasteiger partial charge is 0.357 e. The van der Waals surface area contributed by atoms with E-state index in [1.54, 1.807) is 6.08 Å². The summed E-state index contributed by atoms with van der Waals surface area (Å²) in [5, 5.41) is 6.24. The summed E-state index contributed by atoms with van der Waals surface area (Å²) in [6.45, 7) is 2.06. The number of hydrogen-bond acceptors (Lipinski definition) is 3. The van der Waals surface area contributed by atoms with E-state index >= 15 is 0 Å². The Bertz CT molecular complexity index is 325. The second-order valence-electron chi connectivity index (χ2n) is 3.94. The molecule has 100 valence electrons. The summed E-state index contributed by atoms with van der Waals surface area (Å²) in [4.78, 5) is 28.6. The highest BCUT2D eigenvalue weighted by atomic mass is 31.2. The lowest BCUT2D eigenvalue weighted by Gasteiger charge is -2.23. The summed E-state index contributed by atoms with van der Waals surface area (Å²) in [6.07, 6.45) is 6.61. The Kier molecular flexibility index (Phi) is 6.64. The number of carboxylic acid groups (broad SMARTS) is 1. The van der Waals surface area contributed by atoms with E-state index in [4.69, 9.17) is 20.6 Å². The van der Waals surface area contributed by atoms with E-state index in [0.717, 1.165) is 25.7 Å². The fraction of sp³-hybridized carbons (Fsp3) is 0.700. The minimum atomic E-state index is -4.88. The van der Waals surface area contributed by atoms with Gasteiger partial charge < -0.3 is 20.6 Å². The summed E-state index contributed by atoms with van der Waals surface area (Å²) in [5.74, 6) is -1.69. The molecule has 6 nitrogen and oxygen atoms in total. The number of allylic oxidation sites excluding steroid dienone is 1. The molecule has 0 aliphatic heterocycles. The first-order chi connectivity index (χ1) is 7.75. The molecule has 1 atom stereocenters. The Labute approximate surface area is 101 Å². The molecule has 0 heterocycles. The molecule has 0 saturated heterocycles. The van der Waals surface area contributed by atoms with E-state index in [-0.39, 0.29) is 6.42 Å². The highest BCUT2D eigenvalue weighted by molar-refractivity contribution is 7.54. The second kappa shape index (κ2) is 6.91. The molecular weight excluding hydrogens is 245 g/mol. The maximum atomic E-state index is 11.0. The van der Waals surface area contributed by atoms with Gasteiger partial charge in [0.15, 0.2) is 0 Å². The van der Waals surface area contributed by atoms with Crippen molar-refractivity contribution in [1.82, 2.24) is 0 Å². The standard InChI is InChI=1S/C10H20NO5P/c1-2-3-4-5-6-7-8-10(11,9(12)13)17(14,15)16/h6-7H,2-5,8,11H2,1H3,(H,12,13)(H2,14,15,16)/b7-6+. The molecular formula is C10H20NO5P. The van der Waals surface area contributed by atoms with Crippen LogP contribution >= 0.6 is 7.60 Å². The van der Waals surface area contributed by atoms with E-state index < -0.39 is 18.8 Å². The SMILES string of the molecule is CCCCC/C=C/CC(N)(C(=O)O)P(=O)(O)O. The monoisotopic (exact) mass is 265 g/mol. The summed E-state index contributed by atoms with van der Waals surface area (Å²) in [5.41, 5.74) is 5.24. The summed E-state index contributed by atoms with van der Waals surface area (Å²) >= 11 is 0. The van der Waals surface area contributed by atoms with Crippen LogP contribution in [0.15, 0.2) is 12.2 Å². The van der Waals surface area contributed by atoms with Gasteiger partial charge in [-0.1, -0.05) is 31.9 Å². The molecule has 0 saturated carbocycles. The number of aliphatic carboxylic acids is 1. The molecule has 0 fully saturated rings. The molecule has 0 aromatic heterocycles. The van der Waals surface area contributed by atoms with Crippen LogP contribution in [0, 0.1) is 0 Å². The maximum Gasteiger partial charge on any atom is 0.357 e. The normalized spacial score (nSPS) is 16.0. The number of unbranched alkanes of at least 4 members (excludes halogenated alkanes) is 3. The van der Waals surface area contributed by atoms with Gasteiger partial charge >= 0.3 is 13.6 Å². The van der Waals surface area contributed by atoms with E-state index in [0.29, 0.717) is 0 Å². The molecule has 0 spiro atoms. The second-order valence-corrected chi connectivity index (χ2v) is 5.83. The molecule has 0 amide bonds. The molecule has 0 radical (unpaired) electrons. The van der Waals surface area contributed by atoms with Crippen LogP contribution in [-0.2, 0) is 9.36 Å². The number of nitrogens with two attached hydrogens (primary N) is 1. The van der Waals surface area contributed by atoms with Crippen molar-refractivity contribution in [2.24, 2.45) is 5.73 Å². The van der Waals surface area contributed by atoms with Crippen LogP contribution in [0.5, 0.6) is 0 Å². The van der Waals surface area contributed by atoms with Gasteiger partial charge in [-0.15, -0.1) is 0 Å². The minimum Gasteiger partial charge on any atom is -0.479 e. The quantitative estimate of drug-likeness (QED) is 0.299. The first-order valence-electron chi connectivity index (χ1n) is 5.48. The zero-order valence-corrected chi connectivity index (χ0v) is 10.8.